The average Bonchev–Trinajstić information content (AvgIpc) is 3.04. The maximum absolute atomic E-state index is 11.8. The second-order valence-corrected chi connectivity index (χ2v) is 4.98. The summed E-state index contributed by atoms with van der Waals surface area (Å²) >= 11 is 0. The van der Waals surface area contributed by atoms with Crippen LogP contribution in [0.2, 0.25) is 0 Å². The number of furan rings is 1. The van der Waals surface area contributed by atoms with E-state index in [1.54, 1.807) is 30.5 Å². The molecule has 1 atom stereocenters. The third-order valence-electron chi connectivity index (χ3n) is 3.18. The summed E-state index contributed by atoms with van der Waals surface area (Å²) in [5.74, 6) is 1.11. The monoisotopic (exact) mass is 298 g/mol. The van der Waals surface area contributed by atoms with Crippen LogP contribution in [0.3, 0.4) is 0 Å². The Labute approximate surface area is 129 Å². The van der Waals surface area contributed by atoms with Gasteiger partial charge in [-0.2, -0.15) is 5.26 Å². The van der Waals surface area contributed by atoms with Gasteiger partial charge in [-0.15, -0.1) is 0 Å². The molecule has 1 aromatic carbocycles. The van der Waals surface area contributed by atoms with Gasteiger partial charge in [0.15, 0.2) is 6.61 Å². The van der Waals surface area contributed by atoms with E-state index < -0.39 is 0 Å². The Balaban J connectivity index is 1.74. The number of carbonyl (C=O) groups excluding carboxylic acids is 1. The van der Waals surface area contributed by atoms with Crippen molar-refractivity contribution in [1.82, 2.24) is 5.32 Å². The van der Waals surface area contributed by atoms with Crippen molar-refractivity contribution < 1.29 is 13.9 Å². The van der Waals surface area contributed by atoms with Gasteiger partial charge in [-0.1, -0.05) is 12.1 Å². The van der Waals surface area contributed by atoms with E-state index in [9.17, 15) is 4.79 Å². The van der Waals surface area contributed by atoms with Crippen LogP contribution in [-0.4, -0.2) is 18.6 Å². The van der Waals surface area contributed by atoms with E-state index in [0.29, 0.717) is 11.3 Å². The number of ether oxygens (including phenoxy) is 1. The molecule has 2 rings (SSSR count). The molecule has 5 nitrogen and oxygen atoms in total. The molecule has 0 saturated heterocycles. The van der Waals surface area contributed by atoms with Crippen molar-refractivity contribution in [2.45, 2.75) is 25.8 Å². The fourth-order valence-electron chi connectivity index (χ4n) is 2.03. The summed E-state index contributed by atoms with van der Waals surface area (Å²) in [6.07, 6.45) is 3.19. The van der Waals surface area contributed by atoms with Crippen LogP contribution in [0.5, 0.6) is 5.75 Å². The number of rotatable bonds is 7. The fourth-order valence-corrected chi connectivity index (χ4v) is 2.03. The Morgan fingerprint density at radius 1 is 1.36 bits per heavy atom. The smallest absolute Gasteiger partial charge is 0.258 e. The predicted molar refractivity (Wildman–Crippen MR) is 81.3 cm³/mol. The Hall–Kier alpha value is -2.74. The van der Waals surface area contributed by atoms with Crippen LogP contribution >= 0.6 is 0 Å². The minimum atomic E-state index is -0.209. The molecule has 2 aromatic rings. The molecule has 0 saturated carbocycles. The number of hydrogen-bond acceptors (Lipinski definition) is 4. The second-order valence-electron chi connectivity index (χ2n) is 4.98. The first-order valence-corrected chi connectivity index (χ1v) is 7.12. The zero-order valence-electron chi connectivity index (χ0n) is 12.4. The molecule has 1 N–H and O–H groups in total. The van der Waals surface area contributed by atoms with E-state index in [0.717, 1.165) is 18.6 Å². The van der Waals surface area contributed by atoms with Gasteiger partial charge in [-0.05, 0) is 37.6 Å². The summed E-state index contributed by atoms with van der Waals surface area (Å²) in [7, 11) is 0. The normalized spacial score (nSPS) is 11.5. The summed E-state index contributed by atoms with van der Waals surface area (Å²) in [6.45, 7) is 1.83. The number of nitrogens with one attached hydrogen (secondary N) is 1. The lowest BCUT2D eigenvalue weighted by molar-refractivity contribution is -0.123. The van der Waals surface area contributed by atoms with Crippen molar-refractivity contribution >= 4 is 5.91 Å². The molecule has 0 fully saturated rings. The van der Waals surface area contributed by atoms with Gasteiger partial charge in [0.25, 0.3) is 5.91 Å². The number of aryl methyl sites for hydroxylation is 1. The summed E-state index contributed by atoms with van der Waals surface area (Å²) in [6, 6.07) is 12.7. The summed E-state index contributed by atoms with van der Waals surface area (Å²) < 4.78 is 10.6. The van der Waals surface area contributed by atoms with Gasteiger partial charge in [0.05, 0.1) is 11.8 Å². The van der Waals surface area contributed by atoms with Crippen LogP contribution in [0.1, 0.15) is 24.7 Å². The Morgan fingerprint density at radius 3 is 2.91 bits per heavy atom. The first kappa shape index (κ1) is 15.6. The number of benzene rings is 1. The standard InChI is InChI=1S/C17H18N2O3/c1-13(8-9-15-6-4-10-21-15)19-17(20)12-22-16-7-3-2-5-14(16)11-18/h2-7,10,13H,8-9,12H2,1H3,(H,19,20)/t13-/m1/s1. The van der Waals surface area contributed by atoms with Gasteiger partial charge in [0.1, 0.15) is 17.6 Å². The second kappa shape index (κ2) is 7.89. The highest BCUT2D eigenvalue weighted by Crippen LogP contribution is 2.16. The van der Waals surface area contributed by atoms with Gasteiger partial charge >= 0.3 is 0 Å². The minimum absolute atomic E-state index is 0.0208. The van der Waals surface area contributed by atoms with Crippen molar-refractivity contribution in [2.75, 3.05) is 6.61 Å². The van der Waals surface area contributed by atoms with Crippen LogP contribution < -0.4 is 10.1 Å². The third kappa shape index (κ3) is 4.67. The maximum Gasteiger partial charge on any atom is 0.258 e. The first-order valence-electron chi connectivity index (χ1n) is 7.12. The Morgan fingerprint density at radius 2 is 2.18 bits per heavy atom. The van der Waals surface area contributed by atoms with E-state index in [2.05, 4.69) is 5.32 Å². The highest BCUT2D eigenvalue weighted by Gasteiger charge is 2.10. The van der Waals surface area contributed by atoms with Gasteiger partial charge in [0, 0.05) is 12.5 Å². The van der Waals surface area contributed by atoms with Crippen molar-refractivity contribution in [3.63, 3.8) is 0 Å². The average molecular weight is 298 g/mol. The molecule has 1 aromatic heterocycles. The van der Waals surface area contributed by atoms with Crippen molar-refractivity contribution in [1.29, 1.82) is 5.26 Å². The zero-order valence-corrected chi connectivity index (χ0v) is 12.4. The quantitative estimate of drug-likeness (QED) is 0.852. The zero-order chi connectivity index (χ0) is 15.8. The summed E-state index contributed by atoms with van der Waals surface area (Å²) in [5.41, 5.74) is 0.418. The van der Waals surface area contributed by atoms with E-state index in [1.165, 1.54) is 0 Å². The first-order chi connectivity index (χ1) is 10.7. The van der Waals surface area contributed by atoms with Crippen LogP contribution in [0.4, 0.5) is 0 Å². The molecule has 0 unspecified atom stereocenters. The van der Waals surface area contributed by atoms with E-state index in [4.69, 9.17) is 14.4 Å². The number of amides is 1. The van der Waals surface area contributed by atoms with Crippen molar-refractivity contribution in [2.24, 2.45) is 0 Å². The van der Waals surface area contributed by atoms with Gasteiger partial charge in [-0.3, -0.25) is 4.79 Å². The fraction of sp³-hybridized carbons (Fsp3) is 0.294. The number of carbonyl (C=O) groups is 1. The lowest BCUT2D eigenvalue weighted by Gasteiger charge is -2.14. The van der Waals surface area contributed by atoms with Crippen LogP contribution in [0, 0.1) is 11.3 Å². The lowest BCUT2D eigenvalue weighted by Crippen LogP contribution is -2.36. The van der Waals surface area contributed by atoms with Crippen LogP contribution in [0.15, 0.2) is 47.1 Å². The van der Waals surface area contributed by atoms with E-state index in [-0.39, 0.29) is 18.6 Å². The number of para-hydroxylation sites is 1. The molecule has 114 valence electrons. The molecule has 1 heterocycles. The number of nitrogens with zero attached hydrogens (tertiary/aromatic N) is 1. The van der Waals surface area contributed by atoms with E-state index in [1.807, 2.05) is 25.1 Å². The number of nitriles is 1. The molecular formula is C17H18N2O3. The van der Waals surface area contributed by atoms with Gasteiger partial charge < -0.3 is 14.5 Å². The molecule has 5 heteroatoms. The molecule has 0 aliphatic carbocycles. The van der Waals surface area contributed by atoms with Gasteiger partial charge in [0.2, 0.25) is 0 Å². The summed E-state index contributed by atoms with van der Waals surface area (Å²) in [5, 5.41) is 11.8. The van der Waals surface area contributed by atoms with Crippen molar-refractivity contribution in [3.8, 4) is 11.8 Å². The van der Waals surface area contributed by atoms with Crippen LogP contribution in [-0.2, 0) is 11.2 Å². The molecule has 0 bridgehead atoms. The van der Waals surface area contributed by atoms with Gasteiger partial charge in [-0.25, -0.2) is 0 Å². The highest BCUT2D eigenvalue weighted by molar-refractivity contribution is 5.77. The molecule has 0 spiro atoms. The largest absolute Gasteiger partial charge is 0.482 e. The van der Waals surface area contributed by atoms with E-state index >= 15 is 0 Å². The maximum atomic E-state index is 11.8. The Bertz CT molecular complexity index is 644. The predicted octanol–water partition coefficient (Wildman–Crippen LogP) is 2.67. The molecule has 0 aliphatic heterocycles. The lowest BCUT2D eigenvalue weighted by atomic mass is 10.1. The molecule has 22 heavy (non-hydrogen) atoms. The van der Waals surface area contributed by atoms with Crippen molar-refractivity contribution in [3.05, 3.63) is 54.0 Å². The molecule has 1 amide bonds. The molecular weight excluding hydrogens is 280 g/mol. The SMILES string of the molecule is C[C@H](CCc1ccco1)NC(=O)COc1ccccc1C#N. The summed E-state index contributed by atoms with van der Waals surface area (Å²) in [4.78, 5) is 11.8. The number of hydrogen-bond donors (Lipinski definition) is 1. The van der Waals surface area contributed by atoms with Crippen LogP contribution in [0.25, 0.3) is 0 Å². The third-order valence-corrected chi connectivity index (χ3v) is 3.18. The minimum Gasteiger partial charge on any atom is -0.482 e. The highest BCUT2D eigenvalue weighted by atomic mass is 16.5. The molecule has 0 aliphatic rings. The topological polar surface area (TPSA) is 75.3 Å². The Kier molecular flexibility index (Phi) is 5.61. The molecule has 0 radical (unpaired) electrons.